The minimum absolute atomic E-state index is 0.0470. The van der Waals surface area contributed by atoms with Crippen molar-refractivity contribution in [3.05, 3.63) is 90.0 Å². The summed E-state index contributed by atoms with van der Waals surface area (Å²) in [5.41, 5.74) is -1.12. The molecule has 1 unspecified atom stereocenters. The van der Waals surface area contributed by atoms with E-state index >= 15 is 0 Å². The molecule has 1 atom stereocenters. The van der Waals surface area contributed by atoms with Crippen LogP contribution in [0.5, 0.6) is 5.75 Å². The first kappa shape index (κ1) is 22.2. The van der Waals surface area contributed by atoms with Gasteiger partial charge in [0, 0.05) is 0 Å². The van der Waals surface area contributed by atoms with Gasteiger partial charge in [-0.25, -0.2) is 12.7 Å². The van der Waals surface area contributed by atoms with Gasteiger partial charge in [-0.1, -0.05) is 54.6 Å². The molecule has 0 amide bonds. The number of sulfonamides is 1. The van der Waals surface area contributed by atoms with Crippen LogP contribution in [0.4, 0.5) is 24.5 Å². The van der Waals surface area contributed by atoms with Gasteiger partial charge in [0.25, 0.3) is 0 Å². The Kier molecular flexibility index (Phi) is 6.12. The maximum absolute atomic E-state index is 14.2. The minimum Gasteiger partial charge on any atom is -0.490 e. The van der Waals surface area contributed by atoms with E-state index in [9.17, 15) is 21.6 Å². The van der Waals surface area contributed by atoms with Crippen molar-refractivity contribution >= 4 is 21.4 Å². The summed E-state index contributed by atoms with van der Waals surface area (Å²) in [6, 6.07) is 19.7. The second-order valence-electron chi connectivity index (χ2n) is 7.26. The van der Waals surface area contributed by atoms with Gasteiger partial charge in [0.15, 0.2) is 0 Å². The summed E-state index contributed by atoms with van der Waals surface area (Å²) in [5, 5.41) is 0. The highest BCUT2D eigenvalue weighted by molar-refractivity contribution is 7.92. The average molecular weight is 463 g/mol. The number of epoxide rings is 1. The quantitative estimate of drug-likeness (QED) is 0.434. The predicted molar refractivity (Wildman–Crippen MR) is 114 cm³/mol. The lowest BCUT2D eigenvalue weighted by molar-refractivity contribution is -0.138. The molecule has 0 bridgehead atoms. The van der Waals surface area contributed by atoms with E-state index in [1.165, 1.54) is 24.3 Å². The summed E-state index contributed by atoms with van der Waals surface area (Å²) < 4.78 is 80.7. The summed E-state index contributed by atoms with van der Waals surface area (Å²) >= 11 is 0. The number of anilines is 2. The molecular weight excluding hydrogens is 443 g/mol. The first-order valence-corrected chi connectivity index (χ1v) is 11.4. The molecule has 3 aromatic carbocycles. The molecule has 4 rings (SSSR count). The zero-order valence-corrected chi connectivity index (χ0v) is 17.6. The van der Waals surface area contributed by atoms with Gasteiger partial charge in [0.2, 0.25) is 10.0 Å². The van der Waals surface area contributed by atoms with E-state index in [1.54, 1.807) is 48.5 Å². The molecule has 1 aliphatic heterocycles. The third kappa shape index (κ3) is 5.05. The zero-order chi connectivity index (χ0) is 22.8. The lowest BCUT2D eigenvalue weighted by Gasteiger charge is -2.28. The number of benzene rings is 3. The van der Waals surface area contributed by atoms with Gasteiger partial charge in [0.1, 0.15) is 24.0 Å². The Balaban J connectivity index is 1.85. The Hall–Kier alpha value is -3.04. The molecule has 5 nitrogen and oxygen atoms in total. The van der Waals surface area contributed by atoms with E-state index in [2.05, 4.69) is 0 Å². The first-order valence-electron chi connectivity index (χ1n) is 9.82. The van der Waals surface area contributed by atoms with E-state index in [4.69, 9.17) is 9.47 Å². The average Bonchev–Trinajstić information content (AvgIpc) is 3.57. The second-order valence-corrected chi connectivity index (χ2v) is 9.07. The Labute approximate surface area is 184 Å². The zero-order valence-electron chi connectivity index (χ0n) is 16.8. The van der Waals surface area contributed by atoms with Crippen molar-refractivity contribution in [3.8, 4) is 5.75 Å². The summed E-state index contributed by atoms with van der Waals surface area (Å²) in [6.45, 7) is 0.372. The fourth-order valence-electron chi connectivity index (χ4n) is 3.30. The summed E-state index contributed by atoms with van der Waals surface area (Å²) in [7, 11) is -4.25. The van der Waals surface area contributed by atoms with E-state index in [-0.39, 0.29) is 18.4 Å². The number of hydrogen-bond acceptors (Lipinski definition) is 4. The van der Waals surface area contributed by atoms with Gasteiger partial charge in [-0.15, -0.1) is 0 Å². The number of nitrogens with zero attached hydrogens (tertiary/aromatic N) is 1. The Morgan fingerprint density at radius 3 is 2.16 bits per heavy atom. The van der Waals surface area contributed by atoms with Crippen molar-refractivity contribution in [2.75, 3.05) is 17.5 Å². The highest BCUT2D eigenvalue weighted by Crippen LogP contribution is 2.46. The van der Waals surface area contributed by atoms with Crippen molar-refractivity contribution in [1.29, 1.82) is 0 Å². The molecule has 168 valence electrons. The summed E-state index contributed by atoms with van der Waals surface area (Å²) in [4.78, 5) is 0. The number of halogens is 3. The molecule has 1 aliphatic rings. The van der Waals surface area contributed by atoms with E-state index in [0.717, 1.165) is 10.4 Å². The molecular formula is C23H20F3NO4S. The largest absolute Gasteiger partial charge is 0.490 e. The number of rotatable bonds is 8. The molecule has 0 radical (unpaired) electrons. The number of para-hydroxylation sites is 1. The molecule has 32 heavy (non-hydrogen) atoms. The standard InChI is InChI=1S/C23H20F3NO4S/c24-23(25,26)22-20(12-7-13-21(22)31-15-19-14-30-19)27(18-10-5-2-6-11-18)32(28,29)16-17-8-3-1-4-9-17/h1-13,19H,14-16H2. The molecule has 0 aliphatic carbocycles. The molecule has 0 spiro atoms. The van der Waals surface area contributed by atoms with Crippen LogP contribution in [0.15, 0.2) is 78.9 Å². The molecule has 0 saturated carbocycles. The topological polar surface area (TPSA) is 59.1 Å². The van der Waals surface area contributed by atoms with E-state index < -0.39 is 39.0 Å². The van der Waals surface area contributed by atoms with Crippen LogP contribution in [0.1, 0.15) is 11.1 Å². The molecule has 0 N–H and O–H groups in total. The van der Waals surface area contributed by atoms with Crippen molar-refractivity contribution in [1.82, 2.24) is 0 Å². The van der Waals surface area contributed by atoms with Crippen LogP contribution in [0.3, 0.4) is 0 Å². The molecule has 9 heteroatoms. The fraction of sp³-hybridized carbons (Fsp3) is 0.217. The third-order valence-electron chi connectivity index (χ3n) is 4.79. The van der Waals surface area contributed by atoms with Crippen LogP contribution in [0, 0.1) is 0 Å². The second kappa shape index (κ2) is 8.84. The highest BCUT2D eigenvalue weighted by atomic mass is 32.2. The van der Waals surface area contributed by atoms with Gasteiger partial charge in [-0.3, -0.25) is 0 Å². The van der Waals surface area contributed by atoms with Crippen LogP contribution in [0.25, 0.3) is 0 Å². The van der Waals surface area contributed by atoms with Gasteiger partial charge in [-0.05, 0) is 29.8 Å². The van der Waals surface area contributed by atoms with Crippen LogP contribution in [0.2, 0.25) is 0 Å². The number of alkyl halides is 3. The van der Waals surface area contributed by atoms with Crippen LogP contribution in [-0.4, -0.2) is 27.7 Å². The maximum atomic E-state index is 14.2. The Morgan fingerprint density at radius 2 is 1.56 bits per heavy atom. The van der Waals surface area contributed by atoms with Crippen molar-refractivity contribution in [3.63, 3.8) is 0 Å². The Morgan fingerprint density at radius 1 is 0.938 bits per heavy atom. The van der Waals surface area contributed by atoms with E-state index in [0.29, 0.717) is 12.2 Å². The van der Waals surface area contributed by atoms with Crippen LogP contribution in [-0.2, 0) is 26.7 Å². The lowest BCUT2D eigenvalue weighted by atomic mass is 10.1. The van der Waals surface area contributed by atoms with Crippen molar-refractivity contribution in [2.24, 2.45) is 0 Å². The number of ether oxygens (including phenoxy) is 2. The molecule has 0 aromatic heterocycles. The molecule has 1 saturated heterocycles. The molecule has 1 heterocycles. The normalized spacial score (nSPS) is 15.9. The SMILES string of the molecule is O=S(=O)(Cc1ccccc1)N(c1ccccc1)c1cccc(OCC2CO2)c1C(F)(F)F. The van der Waals surface area contributed by atoms with Crippen molar-refractivity contribution in [2.45, 2.75) is 18.0 Å². The molecule has 3 aromatic rings. The predicted octanol–water partition coefficient (Wildman–Crippen LogP) is 5.15. The monoisotopic (exact) mass is 463 g/mol. The van der Waals surface area contributed by atoms with Crippen LogP contribution >= 0.6 is 0 Å². The van der Waals surface area contributed by atoms with Gasteiger partial charge in [-0.2, -0.15) is 13.2 Å². The maximum Gasteiger partial charge on any atom is 0.422 e. The fourth-order valence-corrected chi connectivity index (χ4v) is 4.94. The van der Waals surface area contributed by atoms with Crippen LogP contribution < -0.4 is 9.04 Å². The smallest absolute Gasteiger partial charge is 0.422 e. The third-order valence-corrected chi connectivity index (χ3v) is 6.46. The summed E-state index contributed by atoms with van der Waals surface area (Å²) in [6.07, 6.45) is -5.11. The first-order chi connectivity index (χ1) is 15.3. The highest BCUT2D eigenvalue weighted by Gasteiger charge is 2.41. The van der Waals surface area contributed by atoms with E-state index in [1.807, 2.05) is 0 Å². The summed E-state index contributed by atoms with van der Waals surface area (Å²) in [5.74, 6) is -0.914. The van der Waals surface area contributed by atoms with Gasteiger partial charge >= 0.3 is 6.18 Å². The minimum atomic E-state index is -4.86. The van der Waals surface area contributed by atoms with Gasteiger partial charge < -0.3 is 9.47 Å². The molecule has 1 fully saturated rings. The van der Waals surface area contributed by atoms with Crippen molar-refractivity contribution < 1.29 is 31.1 Å². The number of hydrogen-bond donors (Lipinski definition) is 0. The Bertz CT molecular complexity index is 1160. The van der Waals surface area contributed by atoms with Gasteiger partial charge in [0.05, 0.1) is 23.7 Å². The lowest BCUT2D eigenvalue weighted by Crippen LogP contribution is -2.30.